The minimum atomic E-state index is -4.06. The van der Waals surface area contributed by atoms with E-state index in [-0.39, 0.29) is 17.9 Å². The van der Waals surface area contributed by atoms with Crippen molar-refractivity contribution < 1.29 is 22.7 Å². The summed E-state index contributed by atoms with van der Waals surface area (Å²) in [5.74, 6) is -0.641. The monoisotopic (exact) mass is 508 g/mol. The Balaban J connectivity index is 2.62. The van der Waals surface area contributed by atoms with Crippen molar-refractivity contribution in [1.82, 2.24) is 0 Å². The van der Waals surface area contributed by atoms with Crippen LogP contribution in [0.5, 0.6) is 5.75 Å². The fraction of sp³-hybridized carbons (Fsp3) is 0.182. The van der Waals surface area contributed by atoms with E-state index in [2.05, 4.69) is 10.7 Å². The van der Waals surface area contributed by atoms with Crippen LogP contribution in [0.1, 0.15) is 0 Å². The lowest BCUT2D eigenvalue weighted by molar-refractivity contribution is -0.192. The van der Waals surface area contributed by atoms with Crippen LogP contribution < -0.4 is 11.0 Å². The Bertz CT molecular complexity index is 616. The number of rotatable bonds is 2. The summed E-state index contributed by atoms with van der Waals surface area (Å²) >= 11 is 3.59. The summed E-state index contributed by atoms with van der Waals surface area (Å²) in [5.41, 5.74) is 0.113. The van der Waals surface area contributed by atoms with Crippen molar-refractivity contribution in [2.45, 2.75) is 6.11 Å². The van der Waals surface area contributed by atoms with Crippen molar-refractivity contribution >= 4 is 63.0 Å². The van der Waals surface area contributed by atoms with Crippen molar-refractivity contribution in [2.24, 2.45) is 0 Å². The number of hydrogen-bond donors (Lipinski definition) is 0. The van der Waals surface area contributed by atoms with E-state index in [0.717, 1.165) is 6.07 Å². The Hall–Kier alpha value is -0.900. The van der Waals surface area contributed by atoms with Crippen molar-refractivity contribution in [3.63, 3.8) is 0 Å². The molecule has 0 spiro atoms. The number of alkyl halides is 2. The minimum absolute atomic E-state index is 0.00797. The zero-order valence-electron chi connectivity index (χ0n) is 9.54. The maximum atomic E-state index is 13.8. The third kappa shape index (κ3) is 2.62. The third-order valence-corrected chi connectivity index (χ3v) is 3.52. The number of carbonyl (C=O) groups is 1. The molecule has 0 aromatic heterocycles. The fourth-order valence-corrected chi connectivity index (χ4v) is 2.39. The number of terminal acetylenes is 1. The van der Waals surface area contributed by atoms with Crippen LogP contribution in [-0.2, 0) is 4.79 Å². The van der Waals surface area contributed by atoms with E-state index in [9.17, 15) is 18.0 Å². The molecule has 1 aliphatic heterocycles. The van der Waals surface area contributed by atoms with Gasteiger partial charge >= 0.3 is 12.0 Å². The van der Waals surface area contributed by atoms with E-state index in [1.54, 1.807) is 45.7 Å². The SMILES string of the molecule is C#CCN1C(=O)C(F)(F)Oc2cc(F)c(N(I)I)cc21. The molecule has 1 amide bonds. The Morgan fingerprint density at radius 2 is 2.10 bits per heavy atom. The summed E-state index contributed by atoms with van der Waals surface area (Å²) in [6.45, 7) is -0.363. The maximum Gasteiger partial charge on any atom is 0.483 e. The first kappa shape index (κ1) is 15.5. The van der Waals surface area contributed by atoms with E-state index >= 15 is 0 Å². The lowest BCUT2D eigenvalue weighted by atomic mass is 10.2. The zero-order valence-corrected chi connectivity index (χ0v) is 13.9. The first-order valence-electron chi connectivity index (χ1n) is 5.05. The van der Waals surface area contributed by atoms with E-state index in [1.807, 2.05) is 0 Å². The second-order valence-corrected chi connectivity index (χ2v) is 7.49. The van der Waals surface area contributed by atoms with Gasteiger partial charge in [-0.25, -0.2) is 4.39 Å². The standard InChI is InChI=1S/C11H5F3I2N2O2/c1-2-3-17-8-5-7(18(15)16)6(12)4-9(8)20-11(13,14)10(17)19/h1,4-5H,3H2. The molecule has 0 N–H and O–H groups in total. The van der Waals surface area contributed by atoms with E-state index in [0.29, 0.717) is 4.90 Å². The zero-order chi connectivity index (χ0) is 15.1. The molecule has 9 heteroatoms. The number of ether oxygens (including phenoxy) is 1. The molecular weight excluding hydrogens is 503 g/mol. The summed E-state index contributed by atoms with van der Waals surface area (Å²) in [7, 11) is 0. The summed E-state index contributed by atoms with van der Waals surface area (Å²) < 4.78 is 46.3. The number of anilines is 2. The number of fused-ring (bicyclic) bond motifs is 1. The molecule has 0 radical (unpaired) electrons. The maximum absolute atomic E-state index is 13.8. The lowest BCUT2D eigenvalue weighted by Gasteiger charge is -2.32. The fourth-order valence-electron chi connectivity index (χ4n) is 1.65. The molecule has 106 valence electrons. The topological polar surface area (TPSA) is 32.8 Å². The van der Waals surface area contributed by atoms with Gasteiger partial charge in [0, 0.05) is 6.07 Å². The molecule has 1 aromatic rings. The molecule has 0 aliphatic carbocycles. The second kappa shape index (κ2) is 5.47. The number of carbonyl (C=O) groups excluding carboxylic acids is 1. The number of hydrogen-bond acceptors (Lipinski definition) is 3. The van der Waals surface area contributed by atoms with Gasteiger partial charge in [-0.1, -0.05) is 5.92 Å². The van der Waals surface area contributed by atoms with Crippen LogP contribution in [0, 0.1) is 18.2 Å². The normalized spacial score (nSPS) is 16.2. The smallest absolute Gasteiger partial charge is 0.423 e. The van der Waals surface area contributed by atoms with Gasteiger partial charge in [0.2, 0.25) is 0 Å². The van der Waals surface area contributed by atoms with Gasteiger partial charge in [0.15, 0.2) is 11.6 Å². The molecule has 2 rings (SSSR count). The van der Waals surface area contributed by atoms with Crippen LogP contribution in [-0.4, -0.2) is 18.6 Å². The highest BCUT2D eigenvalue weighted by molar-refractivity contribution is 14.2. The van der Waals surface area contributed by atoms with Gasteiger partial charge in [0.25, 0.3) is 0 Å². The average Bonchev–Trinajstić information content (AvgIpc) is 2.33. The van der Waals surface area contributed by atoms with Gasteiger partial charge in [0.05, 0.1) is 63.6 Å². The number of amides is 1. The number of halogens is 5. The number of benzene rings is 1. The van der Waals surface area contributed by atoms with Gasteiger partial charge in [-0.05, 0) is 6.07 Å². The average molecular weight is 508 g/mol. The largest absolute Gasteiger partial charge is 0.483 e. The van der Waals surface area contributed by atoms with Gasteiger partial charge in [-0.15, -0.1) is 6.42 Å². The van der Waals surface area contributed by atoms with Crippen LogP contribution in [0.25, 0.3) is 0 Å². The summed E-state index contributed by atoms with van der Waals surface area (Å²) in [6, 6.07) is 2.03. The Morgan fingerprint density at radius 1 is 1.45 bits per heavy atom. The van der Waals surface area contributed by atoms with Gasteiger partial charge in [0.1, 0.15) is 0 Å². The Kier molecular flexibility index (Phi) is 4.24. The van der Waals surface area contributed by atoms with Crippen molar-refractivity contribution in [1.29, 1.82) is 0 Å². The highest BCUT2D eigenvalue weighted by Gasteiger charge is 2.50. The summed E-state index contributed by atoms with van der Waals surface area (Å²) in [6.07, 6.45) is 1.01. The molecule has 0 bridgehead atoms. The molecule has 0 saturated heterocycles. The van der Waals surface area contributed by atoms with E-state index < -0.39 is 23.6 Å². The van der Waals surface area contributed by atoms with Gasteiger partial charge in [-0.2, -0.15) is 8.78 Å². The van der Waals surface area contributed by atoms with Gasteiger partial charge < -0.3 is 4.74 Å². The van der Waals surface area contributed by atoms with E-state index in [1.165, 1.54) is 7.39 Å². The molecule has 1 heterocycles. The van der Waals surface area contributed by atoms with Crippen molar-refractivity contribution in [3.05, 3.63) is 17.9 Å². The highest BCUT2D eigenvalue weighted by Crippen LogP contribution is 2.43. The Labute approximate surface area is 140 Å². The predicted octanol–water partition coefficient (Wildman–Crippen LogP) is 3.28. The minimum Gasteiger partial charge on any atom is -0.423 e. The predicted molar refractivity (Wildman–Crippen MR) is 83.7 cm³/mol. The van der Waals surface area contributed by atoms with Crippen LogP contribution in [0.15, 0.2) is 12.1 Å². The van der Waals surface area contributed by atoms with Crippen molar-refractivity contribution in [3.8, 4) is 18.1 Å². The molecule has 0 atom stereocenters. The summed E-state index contributed by atoms with van der Waals surface area (Å²) in [5, 5.41) is 0. The molecule has 20 heavy (non-hydrogen) atoms. The third-order valence-electron chi connectivity index (χ3n) is 2.48. The highest BCUT2D eigenvalue weighted by atomic mass is 127. The molecule has 1 aromatic carbocycles. The second-order valence-electron chi connectivity index (χ2n) is 3.72. The Morgan fingerprint density at radius 3 is 2.65 bits per heavy atom. The first-order chi connectivity index (χ1) is 9.27. The summed E-state index contributed by atoms with van der Waals surface area (Å²) in [4.78, 5) is 12.3. The molecule has 0 saturated carbocycles. The molecular formula is C11H5F3I2N2O2. The molecule has 4 nitrogen and oxygen atoms in total. The lowest BCUT2D eigenvalue weighted by Crippen LogP contribution is -2.51. The van der Waals surface area contributed by atoms with Crippen molar-refractivity contribution in [2.75, 3.05) is 12.8 Å². The number of nitrogens with zero attached hydrogens (tertiary/aromatic N) is 2. The van der Waals surface area contributed by atoms with Gasteiger partial charge in [-0.3, -0.25) is 11.0 Å². The van der Waals surface area contributed by atoms with Crippen LogP contribution in [0.3, 0.4) is 0 Å². The molecule has 0 fully saturated rings. The molecule has 1 aliphatic rings. The first-order valence-corrected chi connectivity index (χ1v) is 6.98. The quantitative estimate of drug-likeness (QED) is 0.350. The van der Waals surface area contributed by atoms with Crippen LogP contribution in [0.2, 0.25) is 0 Å². The molecule has 0 unspecified atom stereocenters. The van der Waals surface area contributed by atoms with E-state index in [4.69, 9.17) is 6.42 Å². The van der Waals surface area contributed by atoms with Crippen LogP contribution >= 0.6 is 45.7 Å². The van der Waals surface area contributed by atoms with Crippen LogP contribution in [0.4, 0.5) is 24.5 Å².